The molecule has 0 saturated heterocycles. The lowest BCUT2D eigenvalue weighted by molar-refractivity contribution is -0.712. The largest absolute Gasteiger partial charge is 0.348 e. The zero-order valence-corrected chi connectivity index (χ0v) is 15.7. The van der Waals surface area contributed by atoms with Crippen LogP contribution < -0.4 is 4.57 Å². The van der Waals surface area contributed by atoms with Crippen LogP contribution in [0.2, 0.25) is 0 Å². The molecule has 3 aromatic rings. The van der Waals surface area contributed by atoms with E-state index in [9.17, 15) is 0 Å². The number of hydrogen-bond donors (Lipinski definition) is 1. The Bertz CT molecular complexity index is 774. The fourth-order valence-corrected chi connectivity index (χ4v) is 3.33. The first-order valence-corrected chi connectivity index (χ1v) is 9.16. The molecular formula is C22H28N3+. The molecule has 0 aliphatic heterocycles. The Labute approximate surface area is 150 Å². The van der Waals surface area contributed by atoms with Crippen molar-refractivity contribution >= 4 is 0 Å². The van der Waals surface area contributed by atoms with E-state index >= 15 is 0 Å². The molecule has 1 N–H and O–H groups in total. The van der Waals surface area contributed by atoms with E-state index in [1.165, 1.54) is 28.2 Å². The summed E-state index contributed by atoms with van der Waals surface area (Å²) in [6.07, 6.45) is 4.64. The number of nitrogens with one attached hydrogen (secondary N) is 1. The smallest absolute Gasteiger partial charge is 0.184 e. The summed E-state index contributed by atoms with van der Waals surface area (Å²) in [5, 5.41) is 0. The maximum absolute atomic E-state index is 4.14. The molecule has 0 fully saturated rings. The normalized spacial score (nSPS) is 11.4. The maximum Gasteiger partial charge on any atom is 0.184 e. The van der Waals surface area contributed by atoms with E-state index in [0.29, 0.717) is 11.8 Å². The standard InChI is InChI=1S/C22H28N3/c1-16(2)21-12-19(18-8-6-5-7-9-18)13-22(17(3)4)25(21)11-10-20-14-23-15-24-20/h5-9,12-17H,10-11H2,1-4H3,(H,23,24)/q+1. The van der Waals surface area contributed by atoms with Crippen LogP contribution in [0.25, 0.3) is 11.1 Å². The average Bonchev–Trinajstić information content (AvgIpc) is 3.13. The van der Waals surface area contributed by atoms with E-state index in [4.69, 9.17) is 0 Å². The molecule has 3 nitrogen and oxygen atoms in total. The Balaban J connectivity index is 2.05. The van der Waals surface area contributed by atoms with Crippen molar-refractivity contribution in [3.8, 4) is 11.1 Å². The van der Waals surface area contributed by atoms with Crippen LogP contribution in [0.4, 0.5) is 0 Å². The summed E-state index contributed by atoms with van der Waals surface area (Å²) in [7, 11) is 0. The number of imidazole rings is 1. The second kappa shape index (κ2) is 7.64. The molecule has 0 amide bonds. The van der Waals surface area contributed by atoms with Gasteiger partial charge in [0.2, 0.25) is 0 Å². The fraction of sp³-hybridized carbons (Fsp3) is 0.364. The second-order valence-electron chi connectivity index (χ2n) is 7.25. The average molecular weight is 334 g/mol. The molecule has 130 valence electrons. The molecule has 0 aliphatic rings. The van der Waals surface area contributed by atoms with Crippen molar-refractivity contribution in [2.75, 3.05) is 0 Å². The molecule has 0 saturated carbocycles. The first-order chi connectivity index (χ1) is 12.1. The van der Waals surface area contributed by atoms with Crippen LogP contribution in [0.5, 0.6) is 0 Å². The number of hydrogen-bond acceptors (Lipinski definition) is 1. The third kappa shape index (κ3) is 3.98. The number of pyridine rings is 1. The zero-order chi connectivity index (χ0) is 17.8. The van der Waals surface area contributed by atoms with Gasteiger partial charge in [-0.2, -0.15) is 4.57 Å². The minimum absolute atomic E-state index is 0.475. The van der Waals surface area contributed by atoms with Gasteiger partial charge in [-0.05, 0) is 11.1 Å². The van der Waals surface area contributed by atoms with Crippen molar-refractivity contribution in [1.82, 2.24) is 9.97 Å². The number of benzene rings is 1. The van der Waals surface area contributed by atoms with E-state index < -0.39 is 0 Å². The SMILES string of the molecule is CC(C)c1cc(-c2ccccc2)cc(C(C)C)[n+]1CCc1cnc[nH]1. The Hall–Kier alpha value is -2.42. The van der Waals surface area contributed by atoms with E-state index in [1.54, 1.807) is 6.33 Å². The fourth-order valence-electron chi connectivity index (χ4n) is 3.33. The van der Waals surface area contributed by atoms with Gasteiger partial charge in [0.05, 0.1) is 6.33 Å². The van der Waals surface area contributed by atoms with Crippen molar-refractivity contribution < 1.29 is 4.57 Å². The number of H-pyrrole nitrogens is 1. The predicted octanol–water partition coefficient (Wildman–Crippen LogP) is 4.85. The minimum atomic E-state index is 0.475. The maximum atomic E-state index is 4.14. The Morgan fingerprint density at radius 3 is 2.08 bits per heavy atom. The number of nitrogens with zero attached hydrogens (tertiary/aromatic N) is 2. The third-order valence-electron chi connectivity index (χ3n) is 4.68. The second-order valence-corrected chi connectivity index (χ2v) is 7.25. The minimum Gasteiger partial charge on any atom is -0.348 e. The molecule has 0 radical (unpaired) electrons. The van der Waals surface area contributed by atoms with Gasteiger partial charge in [-0.15, -0.1) is 0 Å². The molecular weight excluding hydrogens is 306 g/mol. The predicted molar refractivity (Wildman–Crippen MR) is 103 cm³/mol. The van der Waals surface area contributed by atoms with E-state index in [2.05, 4.69) is 84.7 Å². The van der Waals surface area contributed by atoms with Gasteiger partial charge in [-0.25, -0.2) is 4.98 Å². The van der Waals surface area contributed by atoms with Gasteiger partial charge in [0.25, 0.3) is 0 Å². The molecule has 0 aliphatic carbocycles. The molecule has 0 spiro atoms. The van der Waals surface area contributed by atoms with Crippen LogP contribution in [0.3, 0.4) is 0 Å². The number of aromatic amines is 1. The lowest BCUT2D eigenvalue weighted by atomic mass is 9.97. The summed E-state index contributed by atoms with van der Waals surface area (Å²) in [6.45, 7) is 10.1. The lowest BCUT2D eigenvalue weighted by Crippen LogP contribution is -2.44. The molecule has 2 heterocycles. The molecule has 0 unspecified atom stereocenters. The van der Waals surface area contributed by atoms with Gasteiger partial charge in [0.1, 0.15) is 0 Å². The van der Waals surface area contributed by atoms with Crippen LogP contribution in [-0.4, -0.2) is 9.97 Å². The molecule has 0 bridgehead atoms. The Kier molecular flexibility index (Phi) is 5.32. The molecule has 2 aromatic heterocycles. The summed E-state index contributed by atoms with van der Waals surface area (Å²) in [4.78, 5) is 7.36. The van der Waals surface area contributed by atoms with Gasteiger partial charge in [0, 0.05) is 42.3 Å². The van der Waals surface area contributed by atoms with Gasteiger partial charge in [-0.3, -0.25) is 0 Å². The molecule has 1 aromatic carbocycles. The highest BCUT2D eigenvalue weighted by molar-refractivity contribution is 5.63. The molecule has 0 atom stereocenters. The van der Waals surface area contributed by atoms with Crippen LogP contribution in [0, 0.1) is 0 Å². The van der Waals surface area contributed by atoms with E-state index in [0.717, 1.165) is 13.0 Å². The van der Waals surface area contributed by atoms with Gasteiger partial charge in [-0.1, -0.05) is 58.0 Å². The summed E-state index contributed by atoms with van der Waals surface area (Å²) in [5.41, 5.74) is 6.57. The number of aromatic nitrogens is 3. The zero-order valence-electron chi connectivity index (χ0n) is 15.7. The number of aryl methyl sites for hydroxylation is 1. The van der Waals surface area contributed by atoms with Gasteiger partial charge < -0.3 is 4.98 Å². The molecule has 25 heavy (non-hydrogen) atoms. The summed E-state index contributed by atoms with van der Waals surface area (Å²) in [6, 6.07) is 15.4. The summed E-state index contributed by atoms with van der Waals surface area (Å²) < 4.78 is 2.50. The summed E-state index contributed by atoms with van der Waals surface area (Å²) in [5.74, 6) is 0.950. The summed E-state index contributed by atoms with van der Waals surface area (Å²) >= 11 is 0. The first kappa shape index (κ1) is 17.4. The highest BCUT2D eigenvalue weighted by Crippen LogP contribution is 2.26. The third-order valence-corrected chi connectivity index (χ3v) is 4.68. The van der Waals surface area contributed by atoms with Crippen LogP contribution in [0.15, 0.2) is 55.0 Å². The van der Waals surface area contributed by atoms with E-state index in [-0.39, 0.29) is 0 Å². The first-order valence-electron chi connectivity index (χ1n) is 9.16. The monoisotopic (exact) mass is 334 g/mol. The van der Waals surface area contributed by atoms with Crippen LogP contribution in [0.1, 0.15) is 56.6 Å². The molecule has 3 heteroatoms. The van der Waals surface area contributed by atoms with Crippen molar-refractivity contribution in [3.05, 3.63) is 72.1 Å². The Morgan fingerprint density at radius 1 is 0.920 bits per heavy atom. The van der Waals surface area contributed by atoms with Gasteiger partial charge >= 0.3 is 0 Å². The topological polar surface area (TPSA) is 32.6 Å². The van der Waals surface area contributed by atoms with Crippen LogP contribution >= 0.6 is 0 Å². The highest BCUT2D eigenvalue weighted by Gasteiger charge is 2.24. The van der Waals surface area contributed by atoms with Crippen molar-refractivity contribution in [2.45, 2.75) is 52.5 Å². The van der Waals surface area contributed by atoms with Crippen molar-refractivity contribution in [3.63, 3.8) is 0 Å². The highest BCUT2D eigenvalue weighted by atomic mass is 15.0. The number of rotatable bonds is 6. The van der Waals surface area contributed by atoms with Crippen molar-refractivity contribution in [1.29, 1.82) is 0 Å². The quantitative estimate of drug-likeness (QED) is 0.642. The van der Waals surface area contributed by atoms with Gasteiger partial charge in [0.15, 0.2) is 17.9 Å². The lowest BCUT2D eigenvalue weighted by Gasteiger charge is -2.15. The Morgan fingerprint density at radius 2 is 1.56 bits per heavy atom. The van der Waals surface area contributed by atoms with Crippen molar-refractivity contribution in [2.24, 2.45) is 0 Å². The molecule has 3 rings (SSSR count). The van der Waals surface area contributed by atoms with Crippen LogP contribution in [-0.2, 0) is 13.0 Å². The van der Waals surface area contributed by atoms with E-state index in [1.807, 2.05) is 6.20 Å².